The Morgan fingerprint density at radius 3 is 2.42 bits per heavy atom. The van der Waals surface area contributed by atoms with Crippen LogP contribution in [0.25, 0.3) is 0 Å². The van der Waals surface area contributed by atoms with Crippen molar-refractivity contribution in [2.45, 2.75) is 32.0 Å². The number of amides is 1. The molecule has 2 aromatic carbocycles. The fourth-order valence-electron chi connectivity index (χ4n) is 3.00. The van der Waals surface area contributed by atoms with Gasteiger partial charge in [-0.2, -0.15) is 0 Å². The van der Waals surface area contributed by atoms with Gasteiger partial charge in [-0.25, -0.2) is 0 Å². The standard InChI is InChI=1S/C18H16F3NO2/c1-11-3-8-15-14(9-11)17(2,16(23)22-15)10-12-4-6-13(7-5-12)24-18(19,20)21/h3-9H,10H2,1-2H3,(H,22,23). The van der Waals surface area contributed by atoms with Crippen molar-refractivity contribution in [3.05, 3.63) is 59.2 Å². The maximum Gasteiger partial charge on any atom is 0.573 e. The number of hydrogen-bond acceptors (Lipinski definition) is 2. The molecule has 0 fully saturated rings. The van der Waals surface area contributed by atoms with Crippen molar-refractivity contribution in [1.29, 1.82) is 0 Å². The van der Waals surface area contributed by atoms with E-state index in [2.05, 4.69) is 10.1 Å². The Morgan fingerprint density at radius 2 is 1.79 bits per heavy atom. The molecule has 0 spiro atoms. The molecule has 0 aliphatic carbocycles. The van der Waals surface area contributed by atoms with Gasteiger partial charge in [-0.1, -0.05) is 29.8 Å². The summed E-state index contributed by atoms with van der Waals surface area (Å²) in [5.74, 6) is -0.387. The molecule has 1 N–H and O–H groups in total. The summed E-state index contributed by atoms with van der Waals surface area (Å²) >= 11 is 0. The van der Waals surface area contributed by atoms with E-state index in [9.17, 15) is 18.0 Å². The van der Waals surface area contributed by atoms with E-state index < -0.39 is 11.8 Å². The van der Waals surface area contributed by atoms with Gasteiger partial charge in [0.25, 0.3) is 0 Å². The number of halogens is 3. The average Bonchev–Trinajstić information content (AvgIpc) is 2.72. The SMILES string of the molecule is Cc1ccc2c(c1)C(C)(Cc1ccc(OC(F)(F)F)cc1)C(=O)N2. The summed E-state index contributed by atoms with van der Waals surface area (Å²) in [5, 5.41) is 2.87. The maximum atomic E-state index is 12.4. The van der Waals surface area contributed by atoms with E-state index in [0.717, 1.165) is 22.4 Å². The molecule has 1 aliphatic rings. The molecule has 1 heterocycles. The summed E-state index contributed by atoms with van der Waals surface area (Å²) in [5.41, 5.74) is 2.74. The maximum absolute atomic E-state index is 12.4. The van der Waals surface area contributed by atoms with Gasteiger partial charge < -0.3 is 10.1 Å². The van der Waals surface area contributed by atoms with E-state index in [1.165, 1.54) is 12.1 Å². The zero-order chi connectivity index (χ0) is 17.5. The van der Waals surface area contributed by atoms with Gasteiger partial charge >= 0.3 is 6.36 Å². The van der Waals surface area contributed by atoms with Gasteiger partial charge in [-0.05, 0) is 49.6 Å². The quantitative estimate of drug-likeness (QED) is 0.906. The highest BCUT2D eigenvalue weighted by atomic mass is 19.4. The van der Waals surface area contributed by atoms with Crippen molar-refractivity contribution in [2.75, 3.05) is 5.32 Å². The predicted octanol–water partition coefficient (Wildman–Crippen LogP) is 4.35. The number of ether oxygens (including phenoxy) is 1. The van der Waals surface area contributed by atoms with Crippen LogP contribution in [0.15, 0.2) is 42.5 Å². The minimum atomic E-state index is -4.71. The summed E-state index contributed by atoms with van der Waals surface area (Å²) in [6.45, 7) is 3.79. The van der Waals surface area contributed by atoms with Crippen LogP contribution in [-0.4, -0.2) is 12.3 Å². The number of anilines is 1. The molecule has 1 aliphatic heterocycles. The molecule has 0 bridgehead atoms. The van der Waals surface area contributed by atoms with E-state index in [4.69, 9.17) is 0 Å². The molecule has 24 heavy (non-hydrogen) atoms. The number of aryl methyl sites for hydroxylation is 1. The van der Waals surface area contributed by atoms with E-state index in [1.54, 1.807) is 12.1 Å². The van der Waals surface area contributed by atoms with Crippen LogP contribution in [0, 0.1) is 6.92 Å². The number of carbonyl (C=O) groups is 1. The van der Waals surface area contributed by atoms with Gasteiger partial charge in [0.05, 0.1) is 5.41 Å². The van der Waals surface area contributed by atoms with Crippen LogP contribution in [-0.2, 0) is 16.6 Å². The number of carbonyl (C=O) groups excluding carboxylic acids is 1. The molecule has 126 valence electrons. The van der Waals surface area contributed by atoms with Gasteiger partial charge in [0.2, 0.25) is 5.91 Å². The average molecular weight is 335 g/mol. The van der Waals surface area contributed by atoms with Crippen LogP contribution in [0.1, 0.15) is 23.6 Å². The largest absolute Gasteiger partial charge is 0.573 e. The lowest BCUT2D eigenvalue weighted by atomic mass is 9.78. The van der Waals surface area contributed by atoms with E-state index in [0.29, 0.717) is 6.42 Å². The van der Waals surface area contributed by atoms with Crippen molar-refractivity contribution in [3.8, 4) is 5.75 Å². The first kappa shape index (κ1) is 16.4. The van der Waals surface area contributed by atoms with E-state index in [-0.39, 0.29) is 11.7 Å². The first-order valence-corrected chi connectivity index (χ1v) is 7.45. The van der Waals surface area contributed by atoms with Gasteiger partial charge in [-0.15, -0.1) is 13.2 Å². The molecule has 6 heteroatoms. The third-order valence-corrected chi connectivity index (χ3v) is 4.23. The summed E-state index contributed by atoms with van der Waals surface area (Å²) in [4.78, 5) is 12.4. The molecule has 2 aromatic rings. The molecule has 0 saturated heterocycles. The Bertz CT molecular complexity index is 784. The van der Waals surface area contributed by atoms with Crippen molar-refractivity contribution < 1.29 is 22.7 Å². The first-order chi connectivity index (χ1) is 11.2. The third-order valence-electron chi connectivity index (χ3n) is 4.23. The van der Waals surface area contributed by atoms with Gasteiger partial charge in [0.1, 0.15) is 5.75 Å². The normalized spacial score (nSPS) is 19.8. The fourth-order valence-corrected chi connectivity index (χ4v) is 3.00. The monoisotopic (exact) mass is 335 g/mol. The van der Waals surface area contributed by atoms with Gasteiger partial charge in [-0.3, -0.25) is 4.79 Å². The Balaban J connectivity index is 1.86. The highest BCUT2D eigenvalue weighted by Gasteiger charge is 2.42. The molecule has 1 atom stereocenters. The smallest absolute Gasteiger partial charge is 0.406 e. The molecular weight excluding hydrogens is 319 g/mol. The third kappa shape index (κ3) is 3.09. The van der Waals surface area contributed by atoms with Crippen LogP contribution in [0.3, 0.4) is 0 Å². The second-order valence-corrected chi connectivity index (χ2v) is 6.20. The first-order valence-electron chi connectivity index (χ1n) is 7.45. The van der Waals surface area contributed by atoms with Crippen LogP contribution in [0.4, 0.5) is 18.9 Å². The van der Waals surface area contributed by atoms with Crippen molar-refractivity contribution in [2.24, 2.45) is 0 Å². The lowest BCUT2D eigenvalue weighted by molar-refractivity contribution is -0.274. The molecule has 1 unspecified atom stereocenters. The van der Waals surface area contributed by atoms with Gasteiger partial charge in [0.15, 0.2) is 0 Å². The number of alkyl halides is 3. The second-order valence-electron chi connectivity index (χ2n) is 6.20. The summed E-state index contributed by atoms with van der Waals surface area (Å²) in [7, 11) is 0. The van der Waals surface area contributed by atoms with E-state index >= 15 is 0 Å². The number of benzene rings is 2. The van der Waals surface area contributed by atoms with Crippen LogP contribution in [0.5, 0.6) is 5.75 Å². The van der Waals surface area contributed by atoms with Crippen molar-refractivity contribution in [1.82, 2.24) is 0 Å². The van der Waals surface area contributed by atoms with Crippen molar-refractivity contribution in [3.63, 3.8) is 0 Å². The topological polar surface area (TPSA) is 38.3 Å². The molecule has 3 nitrogen and oxygen atoms in total. The zero-order valence-corrected chi connectivity index (χ0v) is 13.2. The van der Waals surface area contributed by atoms with E-state index in [1.807, 2.05) is 32.0 Å². The summed E-state index contributed by atoms with van der Waals surface area (Å²) in [6, 6.07) is 11.4. The van der Waals surface area contributed by atoms with Crippen molar-refractivity contribution >= 4 is 11.6 Å². The fraction of sp³-hybridized carbons (Fsp3) is 0.278. The molecule has 0 aromatic heterocycles. The molecule has 0 saturated carbocycles. The second kappa shape index (κ2) is 5.54. The molecule has 3 rings (SSSR count). The summed E-state index contributed by atoms with van der Waals surface area (Å²) in [6.07, 6.45) is -4.32. The predicted molar refractivity (Wildman–Crippen MR) is 84.0 cm³/mol. The Morgan fingerprint density at radius 1 is 1.12 bits per heavy atom. The van der Waals surface area contributed by atoms with Crippen LogP contribution >= 0.6 is 0 Å². The molecular formula is C18H16F3NO2. The van der Waals surface area contributed by atoms with Gasteiger partial charge in [0, 0.05) is 5.69 Å². The Kier molecular flexibility index (Phi) is 3.78. The highest BCUT2D eigenvalue weighted by molar-refractivity contribution is 6.06. The van der Waals surface area contributed by atoms with Crippen LogP contribution in [0.2, 0.25) is 0 Å². The minimum absolute atomic E-state index is 0.112. The number of fused-ring (bicyclic) bond motifs is 1. The molecule has 0 radical (unpaired) electrons. The number of hydrogen-bond donors (Lipinski definition) is 1. The minimum Gasteiger partial charge on any atom is -0.406 e. The van der Waals surface area contributed by atoms with Crippen LogP contribution < -0.4 is 10.1 Å². The number of rotatable bonds is 3. The highest BCUT2D eigenvalue weighted by Crippen LogP contribution is 2.40. The lowest BCUT2D eigenvalue weighted by Gasteiger charge is -2.23. The molecule has 1 amide bonds. The number of nitrogens with one attached hydrogen (secondary N) is 1. The Hall–Kier alpha value is -2.50. The lowest BCUT2D eigenvalue weighted by Crippen LogP contribution is -2.33. The summed E-state index contributed by atoms with van der Waals surface area (Å²) < 4.78 is 40.5. The zero-order valence-electron chi connectivity index (χ0n) is 13.2. The Labute approximate surface area is 137 Å².